The second-order valence-electron chi connectivity index (χ2n) is 9.89. The quantitative estimate of drug-likeness (QED) is 0.215. The van der Waals surface area contributed by atoms with Crippen LogP contribution in [0.5, 0.6) is 11.5 Å². The van der Waals surface area contributed by atoms with Crippen LogP contribution in [0.2, 0.25) is 0 Å². The Morgan fingerprint density at radius 2 is 1.41 bits per heavy atom. The Labute approximate surface area is 215 Å². The minimum absolute atomic E-state index is 0.0203. The molecular formula is C31H28N2O4. The number of hydrogen-bond acceptors (Lipinski definition) is 4. The molecule has 0 saturated heterocycles. The molecule has 0 bridgehead atoms. The van der Waals surface area contributed by atoms with Gasteiger partial charge in [-0.15, -0.1) is 4.73 Å². The van der Waals surface area contributed by atoms with E-state index in [0.29, 0.717) is 32.8 Å². The number of rotatable bonds is 6. The lowest BCUT2D eigenvalue weighted by Crippen LogP contribution is -2.42. The molecule has 0 aliphatic heterocycles. The first-order valence-electron chi connectivity index (χ1n) is 12.1. The first-order valence-corrected chi connectivity index (χ1v) is 12.1. The van der Waals surface area contributed by atoms with E-state index in [1.807, 2.05) is 42.5 Å². The van der Waals surface area contributed by atoms with Crippen LogP contribution in [0.25, 0.3) is 22.3 Å². The third kappa shape index (κ3) is 5.05. The van der Waals surface area contributed by atoms with Gasteiger partial charge >= 0.3 is 5.56 Å². The molecule has 37 heavy (non-hydrogen) atoms. The first-order chi connectivity index (χ1) is 17.8. The van der Waals surface area contributed by atoms with Crippen molar-refractivity contribution in [2.45, 2.75) is 32.8 Å². The summed E-state index contributed by atoms with van der Waals surface area (Å²) in [6.07, 6.45) is 0. The Kier molecular flexibility index (Phi) is 6.40. The third-order valence-corrected chi connectivity index (χ3v) is 6.20. The van der Waals surface area contributed by atoms with Crippen molar-refractivity contribution in [3.8, 4) is 22.8 Å². The zero-order valence-electron chi connectivity index (χ0n) is 21.0. The molecule has 0 spiro atoms. The molecule has 0 saturated carbocycles. The molecule has 5 rings (SSSR count). The number of hydrogen-bond donors (Lipinski definition) is 0. The number of para-hydroxylation sites is 3. The minimum atomic E-state index is -0.531. The Hall–Kier alpha value is -4.58. The lowest BCUT2D eigenvalue weighted by molar-refractivity contribution is -0.566. The molecule has 5 aromatic rings. The van der Waals surface area contributed by atoms with Crippen molar-refractivity contribution in [2.75, 3.05) is 0 Å². The fourth-order valence-corrected chi connectivity index (χ4v) is 4.13. The molecule has 0 N–H and O–H groups in total. The molecule has 0 aliphatic carbocycles. The SMILES string of the molecule is CC(C)(C)c1ccc(COn2c(=O)c(-c3ccc(Oc4ccccc4)cc3)[n+]([O-])c3ccccc32)cc1. The van der Waals surface area contributed by atoms with Crippen molar-refractivity contribution < 1.29 is 14.3 Å². The van der Waals surface area contributed by atoms with Crippen LogP contribution in [0.3, 0.4) is 0 Å². The van der Waals surface area contributed by atoms with Gasteiger partial charge in [0.15, 0.2) is 5.52 Å². The topological polar surface area (TPSA) is 67.4 Å². The highest BCUT2D eigenvalue weighted by atomic mass is 16.7. The molecule has 0 aliphatic rings. The van der Waals surface area contributed by atoms with Crippen molar-refractivity contribution in [3.63, 3.8) is 0 Å². The van der Waals surface area contributed by atoms with Gasteiger partial charge in [-0.25, -0.2) is 0 Å². The van der Waals surface area contributed by atoms with E-state index in [0.717, 1.165) is 5.56 Å². The van der Waals surface area contributed by atoms with E-state index in [9.17, 15) is 10.0 Å². The monoisotopic (exact) mass is 492 g/mol. The summed E-state index contributed by atoms with van der Waals surface area (Å²) in [5, 5.41) is 13.3. The predicted octanol–water partition coefficient (Wildman–Crippen LogP) is 6.02. The number of nitrogens with zero attached hydrogens (tertiary/aromatic N) is 2. The van der Waals surface area contributed by atoms with Gasteiger partial charge < -0.3 is 14.8 Å². The molecule has 0 radical (unpaired) electrons. The smallest absolute Gasteiger partial charge is 0.357 e. The van der Waals surface area contributed by atoms with Gasteiger partial charge in [0.25, 0.3) is 5.69 Å². The van der Waals surface area contributed by atoms with E-state index in [1.165, 1.54) is 10.3 Å². The van der Waals surface area contributed by atoms with Crippen LogP contribution in [-0.2, 0) is 12.0 Å². The summed E-state index contributed by atoms with van der Waals surface area (Å²) in [4.78, 5) is 19.6. The maximum atomic E-state index is 13.6. The highest BCUT2D eigenvalue weighted by Crippen LogP contribution is 2.25. The molecule has 0 amide bonds. The van der Waals surface area contributed by atoms with E-state index in [2.05, 4.69) is 32.9 Å². The van der Waals surface area contributed by atoms with Crippen molar-refractivity contribution >= 4 is 11.0 Å². The van der Waals surface area contributed by atoms with Crippen LogP contribution < -0.4 is 19.9 Å². The zero-order valence-corrected chi connectivity index (χ0v) is 21.0. The molecule has 186 valence electrons. The average Bonchev–Trinajstić information content (AvgIpc) is 2.90. The standard InChI is InChI=1S/C31H28N2O4/c1-31(2,3)24-17-13-22(14-18-24)21-36-33-28-12-8-7-11-27(28)32(35)29(30(33)34)23-15-19-26(20-16-23)37-25-9-5-4-6-10-25/h4-20H,21H2,1-3H3. The molecule has 1 aromatic heterocycles. The van der Waals surface area contributed by atoms with Crippen LogP contribution in [0, 0.1) is 5.21 Å². The van der Waals surface area contributed by atoms with Crippen LogP contribution >= 0.6 is 0 Å². The summed E-state index contributed by atoms with van der Waals surface area (Å²) >= 11 is 0. The molecule has 1 heterocycles. The predicted molar refractivity (Wildman–Crippen MR) is 145 cm³/mol. The number of ether oxygens (including phenoxy) is 1. The fraction of sp³-hybridized carbons (Fsp3) is 0.161. The van der Waals surface area contributed by atoms with Gasteiger partial charge in [0.1, 0.15) is 18.1 Å². The molecule has 6 nitrogen and oxygen atoms in total. The van der Waals surface area contributed by atoms with Crippen LogP contribution in [0.15, 0.2) is 108 Å². The fourth-order valence-electron chi connectivity index (χ4n) is 4.13. The van der Waals surface area contributed by atoms with Gasteiger partial charge in [-0.05, 0) is 59.0 Å². The van der Waals surface area contributed by atoms with Gasteiger partial charge in [0, 0.05) is 6.07 Å². The zero-order chi connectivity index (χ0) is 26.0. The molecule has 0 atom stereocenters. The summed E-state index contributed by atoms with van der Waals surface area (Å²) in [6.45, 7) is 6.66. The normalized spacial score (nSPS) is 11.4. The third-order valence-electron chi connectivity index (χ3n) is 6.20. The van der Waals surface area contributed by atoms with Crippen molar-refractivity contribution in [2.24, 2.45) is 0 Å². The van der Waals surface area contributed by atoms with Gasteiger partial charge in [-0.1, -0.05) is 75.4 Å². The van der Waals surface area contributed by atoms with Crippen LogP contribution in [0.1, 0.15) is 31.9 Å². The van der Waals surface area contributed by atoms with E-state index >= 15 is 0 Å². The summed E-state index contributed by atoms with van der Waals surface area (Å²) in [5.74, 6) is 1.30. The van der Waals surface area contributed by atoms with Crippen LogP contribution in [0.4, 0.5) is 0 Å². The Morgan fingerprint density at radius 1 is 0.784 bits per heavy atom. The molecule has 0 fully saturated rings. The highest BCUT2D eigenvalue weighted by molar-refractivity contribution is 5.73. The van der Waals surface area contributed by atoms with Crippen molar-refractivity contribution in [3.05, 3.63) is 130 Å². The Balaban J connectivity index is 1.49. The lowest BCUT2D eigenvalue weighted by atomic mass is 9.87. The maximum Gasteiger partial charge on any atom is 0.357 e. The minimum Gasteiger partial charge on any atom is -0.618 e. The van der Waals surface area contributed by atoms with Gasteiger partial charge in [0.05, 0.1) is 5.56 Å². The second-order valence-corrected chi connectivity index (χ2v) is 9.89. The van der Waals surface area contributed by atoms with E-state index in [1.54, 1.807) is 48.5 Å². The molecular weight excluding hydrogens is 464 g/mol. The van der Waals surface area contributed by atoms with E-state index in [4.69, 9.17) is 9.57 Å². The summed E-state index contributed by atoms with van der Waals surface area (Å²) in [6, 6.07) is 31.3. The molecule has 4 aromatic carbocycles. The Morgan fingerprint density at radius 3 is 2.08 bits per heavy atom. The largest absolute Gasteiger partial charge is 0.618 e. The van der Waals surface area contributed by atoms with Gasteiger partial charge in [-0.2, -0.15) is 4.73 Å². The highest BCUT2D eigenvalue weighted by Gasteiger charge is 2.23. The van der Waals surface area contributed by atoms with Gasteiger partial charge in [0.2, 0.25) is 5.52 Å². The summed E-state index contributed by atoms with van der Waals surface area (Å²) in [7, 11) is 0. The maximum absolute atomic E-state index is 13.6. The summed E-state index contributed by atoms with van der Waals surface area (Å²) < 4.78 is 7.73. The second kappa shape index (κ2) is 9.82. The first kappa shape index (κ1) is 24.1. The van der Waals surface area contributed by atoms with Gasteiger partial charge in [-0.3, -0.25) is 4.79 Å². The number of benzene rings is 4. The number of fused-ring (bicyclic) bond motifs is 1. The van der Waals surface area contributed by atoms with E-state index in [-0.39, 0.29) is 17.7 Å². The number of aromatic nitrogens is 2. The average molecular weight is 493 g/mol. The van der Waals surface area contributed by atoms with Crippen molar-refractivity contribution in [1.29, 1.82) is 0 Å². The van der Waals surface area contributed by atoms with E-state index < -0.39 is 5.56 Å². The van der Waals surface area contributed by atoms with Crippen LogP contribution in [-0.4, -0.2) is 4.73 Å². The molecule has 0 unspecified atom stereocenters. The summed E-state index contributed by atoms with van der Waals surface area (Å²) in [5.41, 5.74) is 2.85. The van der Waals surface area contributed by atoms with Crippen molar-refractivity contribution in [1.82, 2.24) is 4.73 Å². The molecule has 6 heteroatoms. The Bertz CT molecular complexity index is 1580. The lowest BCUT2D eigenvalue weighted by Gasteiger charge is -2.19.